The Morgan fingerprint density at radius 2 is 2.43 bits per heavy atom. The van der Waals surface area contributed by atoms with E-state index in [0.29, 0.717) is 32.7 Å². The number of carbonyl (C=O) groups is 1. The summed E-state index contributed by atoms with van der Waals surface area (Å²) in [7, 11) is 1.61. The third-order valence-corrected chi connectivity index (χ3v) is 4.91. The quantitative estimate of drug-likeness (QED) is 0.768. The molecular weight excluding hydrogens is 316 g/mol. The van der Waals surface area contributed by atoms with E-state index in [1.54, 1.807) is 23.3 Å². The van der Waals surface area contributed by atoms with Crippen LogP contribution in [0.25, 0.3) is 4.96 Å². The molecule has 126 valence electrons. The minimum Gasteiger partial charge on any atom is -0.383 e. The largest absolute Gasteiger partial charge is 0.383 e. The van der Waals surface area contributed by atoms with E-state index in [1.807, 2.05) is 22.2 Å². The highest BCUT2D eigenvalue weighted by Crippen LogP contribution is 2.22. The molecule has 23 heavy (non-hydrogen) atoms. The van der Waals surface area contributed by atoms with Gasteiger partial charge in [0.1, 0.15) is 0 Å². The number of thiazole rings is 1. The Kier molecular flexibility index (Phi) is 4.96. The molecule has 1 fully saturated rings. The van der Waals surface area contributed by atoms with Crippen molar-refractivity contribution in [3.63, 3.8) is 0 Å². The summed E-state index contributed by atoms with van der Waals surface area (Å²) in [5, 5.41) is 15.8. The number of rotatable bonds is 7. The van der Waals surface area contributed by atoms with Crippen LogP contribution in [0.5, 0.6) is 0 Å². The Morgan fingerprint density at radius 1 is 1.57 bits per heavy atom. The molecule has 1 aliphatic rings. The van der Waals surface area contributed by atoms with Crippen LogP contribution in [0.4, 0.5) is 0 Å². The molecule has 7 nitrogen and oxygen atoms in total. The van der Waals surface area contributed by atoms with Crippen LogP contribution < -0.4 is 5.32 Å². The summed E-state index contributed by atoms with van der Waals surface area (Å²) >= 11 is 1.58. The highest BCUT2D eigenvalue weighted by Gasteiger charge is 2.41. The zero-order valence-corrected chi connectivity index (χ0v) is 14.0. The zero-order valence-electron chi connectivity index (χ0n) is 13.2. The van der Waals surface area contributed by atoms with E-state index in [1.165, 1.54) is 0 Å². The van der Waals surface area contributed by atoms with Crippen LogP contribution in [0.3, 0.4) is 0 Å². The molecule has 0 aromatic carbocycles. The molecule has 1 saturated heterocycles. The van der Waals surface area contributed by atoms with Crippen molar-refractivity contribution < 1.29 is 14.6 Å². The fraction of sp³-hybridized carbons (Fsp3) is 0.600. The molecule has 0 unspecified atom stereocenters. The summed E-state index contributed by atoms with van der Waals surface area (Å²) in [6.07, 6.45) is 5.20. The van der Waals surface area contributed by atoms with Gasteiger partial charge in [0, 0.05) is 51.1 Å². The van der Waals surface area contributed by atoms with Crippen LogP contribution in [0, 0.1) is 0 Å². The standard InChI is InChI=1S/C15H22N4O3S/c1-22-7-5-18-4-2-3-15(21,13(18)20)11-16-9-12-10-19-6-8-23-14(19)17-12/h6,8,10,16,21H,2-5,7,9,11H2,1H3/t15-/m1/s1. The normalized spacial score (nSPS) is 22.2. The number of likely N-dealkylation sites (tertiary alicyclic amines) is 1. The number of amides is 1. The first-order chi connectivity index (χ1) is 11.1. The molecule has 0 radical (unpaired) electrons. The minimum absolute atomic E-state index is 0.209. The van der Waals surface area contributed by atoms with Gasteiger partial charge in [-0.1, -0.05) is 0 Å². The van der Waals surface area contributed by atoms with E-state index >= 15 is 0 Å². The SMILES string of the molecule is COCCN1CCC[C@@](O)(CNCc2cn3ccsc3n2)C1=O. The Balaban J connectivity index is 1.55. The van der Waals surface area contributed by atoms with E-state index in [2.05, 4.69) is 10.3 Å². The van der Waals surface area contributed by atoms with Crippen molar-refractivity contribution in [2.24, 2.45) is 0 Å². The third kappa shape index (κ3) is 3.55. The van der Waals surface area contributed by atoms with Gasteiger partial charge in [0.15, 0.2) is 10.6 Å². The third-order valence-electron chi connectivity index (χ3n) is 4.14. The molecule has 2 aromatic rings. The topological polar surface area (TPSA) is 79.1 Å². The first kappa shape index (κ1) is 16.4. The van der Waals surface area contributed by atoms with Crippen LogP contribution in [-0.2, 0) is 16.1 Å². The summed E-state index contributed by atoms with van der Waals surface area (Å²) < 4.78 is 6.99. The van der Waals surface area contributed by atoms with Crippen molar-refractivity contribution in [2.75, 3.05) is 33.4 Å². The number of aromatic nitrogens is 2. The van der Waals surface area contributed by atoms with Gasteiger partial charge in [-0.05, 0) is 12.8 Å². The molecule has 1 aliphatic heterocycles. The highest BCUT2D eigenvalue weighted by molar-refractivity contribution is 7.15. The average molecular weight is 338 g/mol. The second-order valence-corrected chi connectivity index (χ2v) is 6.72. The summed E-state index contributed by atoms with van der Waals surface area (Å²) in [6.45, 7) is 2.46. The van der Waals surface area contributed by atoms with Gasteiger partial charge in [0.05, 0.1) is 12.3 Å². The molecule has 2 N–H and O–H groups in total. The fourth-order valence-electron chi connectivity index (χ4n) is 2.90. The Bertz CT molecular complexity index is 642. The van der Waals surface area contributed by atoms with E-state index in [9.17, 15) is 9.90 Å². The minimum atomic E-state index is -1.33. The maximum absolute atomic E-state index is 12.5. The monoisotopic (exact) mass is 338 g/mol. The molecule has 0 spiro atoms. The number of aliphatic hydroxyl groups is 1. The number of nitrogens with zero attached hydrogens (tertiary/aromatic N) is 3. The Morgan fingerprint density at radius 3 is 3.22 bits per heavy atom. The van der Waals surface area contributed by atoms with Gasteiger partial charge in [-0.2, -0.15) is 0 Å². The van der Waals surface area contributed by atoms with E-state index in [4.69, 9.17) is 4.74 Å². The van der Waals surface area contributed by atoms with Gasteiger partial charge in [0.25, 0.3) is 5.91 Å². The van der Waals surface area contributed by atoms with Crippen molar-refractivity contribution in [1.82, 2.24) is 19.6 Å². The van der Waals surface area contributed by atoms with Crippen molar-refractivity contribution in [2.45, 2.75) is 25.0 Å². The predicted octanol–water partition coefficient (Wildman–Crippen LogP) is 0.485. The molecule has 1 amide bonds. The maximum Gasteiger partial charge on any atom is 0.255 e. The van der Waals surface area contributed by atoms with Crippen LogP contribution in [-0.4, -0.2) is 64.3 Å². The van der Waals surface area contributed by atoms with Gasteiger partial charge in [-0.25, -0.2) is 4.98 Å². The van der Waals surface area contributed by atoms with Crippen LogP contribution >= 0.6 is 11.3 Å². The van der Waals surface area contributed by atoms with Gasteiger partial charge >= 0.3 is 0 Å². The lowest BCUT2D eigenvalue weighted by molar-refractivity contribution is -0.157. The Hall–Kier alpha value is -1.48. The molecule has 0 saturated carbocycles. The summed E-state index contributed by atoms with van der Waals surface area (Å²) in [6, 6.07) is 0. The number of fused-ring (bicyclic) bond motifs is 1. The van der Waals surface area contributed by atoms with Crippen LogP contribution in [0.15, 0.2) is 17.8 Å². The summed E-state index contributed by atoms with van der Waals surface area (Å²) in [5.74, 6) is -0.209. The first-order valence-electron chi connectivity index (χ1n) is 7.75. The van der Waals surface area contributed by atoms with Gasteiger partial charge < -0.3 is 20.1 Å². The molecule has 3 rings (SSSR count). The molecule has 0 bridgehead atoms. The summed E-state index contributed by atoms with van der Waals surface area (Å²) in [5.41, 5.74) is -0.428. The number of carbonyl (C=O) groups excluding carboxylic acids is 1. The van der Waals surface area contributed by atoms with Gasteiger partial charge in [-0.15, -0.1) is 11.3 Å². The van der Waals surface area contributed by atoms with Gasteiger partial charge in [0.2, 0.25) is 0 Å². The van der Waals surface area contributed by atoms with E-state index in [0.717, 1.165) is 17.1 Å². The van der Waals surface area contributed by atoms with Crippen molar-refractivity contribution in [3.05, 3.63) is 23.5 Å². The lowest BCUT2D eigenvalue weighted by Crippen LogP contribution is -2.58. The first-order valence-corrected chi connectivity index (χ1v) is 8.63. The average Bonchev–Trinajstić information content (AvgIpc) is 3.10. The van der Waals surface area contributed by atoms with Crippen molar-refractivity contribution in [3.8, 4) is 0 Å². The number of hydrogen-bond donors (Lipinski definition) is 2. The molecular formula is C15H22N4O3S. The molecule has 0 aliphatic carbocycles. The molecule has 8 heteroatoms. The smallest absolute Gasteiger partial charge is 0.255 e. The van der Waals surface area contributed by atoms with Gasteiger partial charge in [-0.3, -0.25) is 9.20 Å². The number of piperidine rings is 1. The highest BCUT2D eigenvalue weighted by atomic mass is 32.1. The van der Waals surface area contributed by atoms with E-state index < -0.39 is 5.60 Å². The second-order valence-electron chi connectivity index (χ2n) is 5.85. The lowest BCUT2D eigenvalue weighted by atomic mass is 9.91. The van der Waals surface area contributed by atoms with Crippen molar-refractivity contribution in [1.29, 1.82) is 0 Å². The zero-order chi connectivity index (χ0) is 16.3. The van der Waals surface area contributed by atoms with E-state index in [-0.39, 0.29) is 12.5 Å². The molecule has 1 atom stereocenters. The number of nitrogens with one attached hydrogen (secondary N) is 1. The second kappa shape index (κ2) is 6.96. The predicted molar refractivity (Wildman–Crippen MR) is 87.4 cm³/mol. The Labute approximate surface area is 138 Å². The number of imidazole rings is 1. The van der Waals surface area contributed by atoms with Crippen molar-refractivity contribution >= 4 is 22.2 Å². The number of methoxy groups -OCH3 is 1. The summed E-state index contributed by atoms with van der Waals surface area (Å²) in [4.78, 5) is 19.6. The molecule has 2 aromatic heterocycles. The number of hydrogen-bond acceptors (Lipinski definition) is 6. The lowest BCUT2D eigenvalue weighted by Gasteiger charge is -2.38. The van der Waals surface area contributed by atoms with Crippen LogP contribution in [0.2, 0.25) is 0 Å². The number of ether oxygens (including phenoxy) is 1. The van der Waals surface area contributed by atoms with Crippen LogP contribution in [0.1, 0.15) is 18.5 Å². The molecule has 3 heterocycles. The fourth-order valence-corrected chi connectivity index (χ4v) is 3.62. The maximum atomic E-state index is 12.5.